The van der Waals surface area contributed by atoms with Crippen LogP contribution in [0.4, 0.5) is 5.69 Å². The number of rotatable bonds is 7. The van der Waals surface area contributed by atoms with Crippen LogP contribution in [-0.4, -0.2) is 26.8 Å². The molecule has 7 nitrogen and oxygen atoms in total. The van der Waals surface area contributed by atoms with Gasteiger partial charge in [0.1, 0.15) is 0 Å². The predicted octanol–water partition coefficient (Wildman–Crippen LogP) is 2.52. The minimum atomic E-state index is -3.74. The Balaban J connectivity index is 1.65. The van der Waals surface area contributed by atoms with Gasteiger partial charge in [-0.05, 0) is 41.7 Å². The predicted molar refractivity (Wildman–Crippen MR) is 115 cm³/mol. The Morgan fingerprint density at radius 2 is 1.87 bits per heavy atom. The monoisotopic (exact) mass is 429 g/mol. The fourth-order valence-electron chi connectivity index (χ4n) is 3.62. The molecule has 0 bridgehead atoms. The van der Waals surface area contributed by atoms with E-state index in [9.17, 15) is 18.0 Å². The maximum atomic E-state index is 12.6. The van der Waals surface area contributed by atoms with Crippen molar-refractivity contribution in [3.8, 4) is 0 Å². The van der Waals surface area contributed by atoms with Crippen LogP contribution in [0.2, 0.25) is 0 Å². The molecular weight excluding hydrogens is 402 g/mol. The molecule has 3 rings (SSSR count). The van der Waals surface area contributed by atoms with Crippen LogP contribution < -0.4 is 15.4 Å². The normalized spacial score (nSPS) is 17.8. The van der Waals surface area contributed by atoms with Crippen molar-refractivity contribution in [3.63, 3.8) is 0 Å². The van der Waals surface area contributed by atoms with Gasteiger partial charge in [0.15, 0.2) is 0 Å². The summed E-state index contributed by atoms with van der Waals surface area (Å²) in [4.78, 5) is 27.0. The van der Waals surface area contributed by atoms with Gasteiger partial charge in [0.25, 0.3) is 0 Å². The van der Waals surface area contributed by atoms with Crippen molar-refractivity contribution in [2.75, 3.05) is 11.4 Å². The van der Waals surface area contributed by atoms with Crippen molar-refractivity contribution in [2.45, 2.75) is 44.0 Å². The molecule has 1 aliphatic heterocycles. The lowest BCUT2D eigenvalue weighted by Gasteiger charge is -2.23. The molecule has 2 atom stereocenters. The van der Waals surface area contributed by atoms with Gasteiger partial charge in [0, 0.05) is 25.2 Å². The van der Waals surface area contributed by atoms with Crippen molar-refractivity contribution in [3.05, 3.63) is 59.7 Å². The molecule has 0 unspecified atom stereocenters. The second-order valence-electron chi connectivity index (χ2n) is 7.68. The van der Waals surface area contributed by atoms with Crippen LogP contribution in [0, 0.1) is 5.92 Å². The Bertz CT molecular complexity index is 1030. The molecule has 1 heterocycles. The van der Waals surface area contributed by atoms with E-state index in [0.717, 1.165) is 23.2 Å². The molecule has 1 aliphatic rings. The lowest BCUT2D eigenvalue weighted by molar-refractivity contribution is -0.126. The van der Waals surface area contributed by atoms with Gasteiger partial charge in [-0.1, -0.05) is 44.2 Å². The molecule has 0 aromatic heterocycles. The van der Waals surface area contributed by atoms with E-state index in [1.54, 1.807) is 17.0 Å². The van der Waals surface area contributed by atoms with Crippen molar-refractivity contribution in [1.29, 1.82) is 0 Å². The molecule has 0 spiro atoms. The van der Waals surface area contributed by atoms with E-state index in [0.29, 0.717) is 12.5 Å². The number of carbonyl (C=O) groups excluding carboxylic acids is 2. The highest BCUT2D eigenvalue weighted by molar-refractivity contribution is 7.89. The van der Waals surface area contributed by atoms with Gasteiger partial charge in [0.05, 0.1) is 10.8 Å². The summed E-state index contributed by atoms with van der Waals surface area (Å²) in [5.41, 5.74) is 2.74. The highest BCUT2D eigenvalue weighted by Crippen LogP contribution is 2.33. The summed E-state index contributed by atoms with van der Waals surface area (Å²) in [5, 5.41) is 7.93. The molecule has 160 valence electrons. The van der Waals surface area contributed by atoms with Crippen molar-refractivity contribution < 1.29 is 18.0 Å². The third kappa shape index (κ3) is 4.88. The van der Waals surface area contributed by atoms with Gasteiger partial charge in [-0.15, -0.1) is 0 Å². The summed E-state index contributed by atoms with van der Waals surface area (Å²) in [5.74, 6) is -0.348. The summed E-state index contributed by atoms with van der Waals surface area (Å²) >= 11 is 0. The number of sulfonamides is 1. The minimum absolute atomic E-state index is 0.0228. The van der Waals surface area contributed by atoms with Crippen molar-refractivity contribution in [1.82, 2.24) is 5.32 Å². The molecular formula is C22H27N3O4S. The first-order chi connectivity index (χ1) is 14.2. The summed E-state index contributed by atoms with van der Waals surface area (Å²) < 4.78 is 22.6. The zero-order valence-corrected chi connectivity index (χ0v) is 18.0. The number of hydrogen-bond donors (Lipinski definition) is 2. The highest BCUT2D eigenvalue weighted by atomic mass is 32.2. The van der Waals surface area contributed by atoms with Crippen LogP contribution in [-0.2, 0) is 26.2 Å². The van der Waals surface area contributed by atoms with E-state index in [1.807, 2.05) is 24.3 Å². The van der Waals surface area contributed by atoms with Crippen LogP contribution in [0.25, 0.3) is 0 Å². The third-order valence-electron chi connectivity index (χ3n) is 5.59. The molecule has 30 heavy (non-hydrogen) atoms. The molecule has 3 N–H and O–H groups in total. The minimum Gasteiger partial charge on any atom is -0.352 e. The maximum absolute atomic E-state index is 12.6. The van der Waals surface area contributed by atoms with Crippen molar-refractivity contribution >= 4 is 27.5 Å². The van der Waals surface area contributed by atoms with E-state index in [-0.39, 0.29) is 29.7 Å². The maximum Gasteiger partial charge on any atom is 0.238 e. The largest absolute Gasteiger partial charge is 0.352 e. The second kappa shape index (κ2) is 8.97. The molecule has 1 fully saturated rings. The number of nitrogens with zero attached hydrogens (tertiary/aromatic N) is 1. The molecule has 2 amide bonds. The Morgan fingerprint density at radius 3 is 2.50 bits per heavy atom. The number of anilines is 1. The quantitative estimate of drug-likeness (QED) is 0.705. The average molecular weight is 430 g/mol. The number of nitrogens with one attached hydrogen (secondary N) is 1. The number of benzene rings is 2. The van der Waals surface area contributed by atoms with Gasteiger partial charge in [-0.2, -0.15) is 0 Å². The molecule has 0 radical (unpaired) electrons. The number of para-hydroxylation sites is 1. The van der Waals surface area contributed by atoms with Crippen molar-refractivity contribution in [2.24, 2.45) is 11.1 Å². The molecule has 2 aromatic rings. The Morgan fingerprint density at radius 1 is 1.20 bits per heavy atom. The third-order valence-corrected chi connectivity index (χ3v) is 6.51. The SMILES string of the molecule is CC[C@H](C)c1ccccc1N1C[C@@H](C(=O)NCc2ccc(S(N)(=O)=O)cc2)CC1=O. The summed E-state index contributed by atoms with van der Waals surface area (Å²) in [6.07, 6.45) is 1.14. The standard InChI is InChI=1S/C22H27N3O4S/c1-3-15(2)19-6-4-5-7-20(19)25-14-17(12-21(25)26)22(27)24-13-16-8-10-18(11-9-16)30(23,28)29/h4-11,15,17H,3,12-14H2,1-2H3,(H,24,27)(H2,23,28,29)/t15-,17-/m0/s1. The topological polar surface area (TPSA) is 110 Å². The zero-order chi connectivity index (χ0) is 21.9. The lowest BCUT2D eigenvalue weighted by Crippen LogP contribution is -2.33. The number of carbonyl (C=O) groups is 2. The number of amides is 2. The van der Waals surface area contributed by atoms with Gasteiger partial charge in [-0.25, -0.2) is 13.6 Å². The fourth-order valence-corrected chi connectivity index (χ4v) is 4.13. The first kappa shape index (κ1) is 22.0. The van der Waals surface area contributed by atoms with Crippen LogP contribution in [0.15, 0.2) is 53.4 Å². The molecule has 1 saturated heterocycles. The van der Waals surface area contributed by atoms with E-state index in [1.165, 1.54) is 12.1 Å². The van der Waals surface area contributed by atoms with E-state index in [4.69, 9.17) is 5.14 Å². The van der Waals surface area contributed by atoms with Gasteiger partial charge in [-0.3, -0.25) is 9.59 Å². The molecule has 8 heteroatoms. The van der Waals surface area contributed by atoms with Gasteiger partial charge < -0.3 is 10.2 Å². The fraction of sp³-hybridized carbons (Fsp3) is 0.364. The zero-order valence-electron chi connectivity index (χ0n) is 17.2. The first-order valence-corrected chi connectivity index (χ1v) is 11.5. The number of hydrogen-bond acceptors (Lipinski definition) is 4. The molecule has 2 aromatic carbocycles. The highest BCUT2D eigenvalue weighted by Gasteiger charge is 2.36. The molecule has 0 aliphatic carbocycles. The Labute approximate surface area is 177 Å². The van der Waals surface area contributed by atoms with Crippen LogP contribution in [0.1, 0.15) is 43.7 Å². The number of nitrogens with two attached hydrogens (primary N) is 1. The molecule has 0 saturated carbocycles. The lowest BCUT2D eigenvalue weighted by atomic mass is 9.96. The number of primary sulfonamides is 1. The van der Waals surface area contributed by atoms with Crippen LogP contribution >= 0.6 is 0 Å². The summed E-state index contributed by atoms with van der Waals surface area (Å²) in [6, 6.07) is 13.9. The smallest absolute Gasteiger partial charge is 0.238 e. The Kier molecular flexibility index (Phi) is 6.58. The first-order valence-electron chi connectivity index (χ1n) is 9.99. The van der Waals surface area contributed by atoms with Gasteiger partial charge >= 0.3 is 0 Å². The Hall–Kier alpha value is -2.71. The van der Waals surface area contributed by atoms with Crippen LogP contribution in [0.3, 0.4) is 0 Å². The van der Waals surface area contributed by atoms with E-state index < -0.39 is 15.9 Å². The average Bonchev–Trinajstić information content (AvgIpc) is 3.12. The summed E-state index contributed by atoms with van der Waals surface area (Å²) in [7, 11) is -3.74. The second-order valence-corrected chi connectivity index (χ2v) is 9.24. The van der Waals surface area contributed by atoms with Gasteiger partial charge in [0.2, 0.25) is 21.8 Å². The van der Waals surface area contributed by atoms with E-state index >= 15 is 0 Å². The van der Waals surface area contributed by atoms with Crippen LogP contribution in [0.5, 0.6) is 0 Å². The summed E-state index contributed by atoms with van der Waals surface area (Å²) in [6.45, 7) is 4.84. The van der Waals surface area contributed by atoms with E-state index in [2.05, 4.69) is 19.2 Å².